The molecule has 2 N–H and O–H groups in total. The zero-order valence-electron chi connectivity index (χ0n) is 15.5. The molecule has 3 rings (SSSR count). The Hall–Kier alpha value is -2.50. The van der Waals surface area contributed by atoms with Crippen LogP contribution in [0.25, 0.3) is 0 Å². The Kier molecular flexibility index (Phi) is 5.92. The minimum Gasteiger partial charge on any atom is -0.482 e. The maximum atomic E-state index is 13.9. The molecule has 8 nitrogen and oxygen atoms in total. The molecule has 11 heteroatoms. The van der Waals surface area contributed by atoms with Gasteiger partial charge >= 0.3 is 0 Å². The lowest BCUT2D eigenvalue weighted by atomic mass is 10.2. The van der Waals surface area contributed by atoms with Crippen molar-refractivity contribution in [3.05, 3.63) is 46.2 Å². The molecule has 0 fully saturated rings. The fraction of sp³-hybridized carbons (Fsp3) is 0.222. The van der Waals surface area contributed by atoms with Crippen LogP contribution in [0.4, 0.5) is 15.8 Å². The van der Waals surface area contributed by atoms with E-state index >= 15 is 0 Å². The molecule has 29 heavy (non-hydrogen) atoms. The number of benzene rings is 2. The van der Waals surface area contributed by atoms with Crippen molar-refractivity contribution >= 4 is 49.1 Å². The highest BCUT2D eigenvalue weighted by Gasteiger charge is 2.28. The van der Waals surface area contributed by atoms with Crippen LogP contribution >= 0.6 is 15.9 Å². The van der Waals surface area contributed by atoms with Gasteiger partial charge in [-0.25, -0.2) is 12.8 Å². The molecule has 0 spiro atoms. The van der Waals surface area contributed by atoms with E-state index in [1.54, 1.807) is 13.0 Å². The Morgan fingerprint density at radius 1 is 1.34 bits per heavy atom. The van der Waals surface area contributed by atoms with E-state index in [9.17, 15) is 22.4 Å². The Morgan fingerprint density at radius 2 is 2.07 bits per heavy atom. The second-order valence-electron chi connectivity index (χ2n) is 6.38. The number of nitrogens with zero attached hydrogens (tertiary/aromatic N) is 1. The van der Waals surface area contributed by atoms with E-state index in [0.29, 0.717) is 15.7 Å². The summed E-state index contributed by atoms with van der Waals surface area (Å²) in [7, 11) is -2.80. The standard InChI is InChI=1S/C18H17BrFN3O5S/c1-10-5-14-15(28-9-18(25)22-14)7-16(10)29(26,27)23(2)8-17(24)21-13-4-3-11(19)6-12(13)20/h3-7H,8-9H2,1-2H3,(H,21,24)(H,22,25). The number of halogens is 2. The van der Waals surface area contributed by atoms with Gasteiger partial charge in [-0.05, 0) is 36.8 Å². The first-order valence-electron chi connectivity index (χ1n) is 8.36. The molecule has 0 saturated heterocycles. The van der Waals surface area contributed by atoms with Crippen LogP contribution in [0, 0.1) is 12.7 Å². The summed E-state index contributed by atoms with van der Waals surface area (Å²) in [5.74, 6) is -1.45. The number of hydrogen-bond acceptors (Lipinski definition) is 5. The molecule has 2 aromatic rings. The zero-order chi connectivity index (χ0) is 21.3. The lowest BCUT2D eigenvalue weighted by Crippen LogP contribution is -2.35. The van der Waals surface area contributed by atoms with Crippen molar-refractivity contribution in [1.82, 2.24) is 4.31 Å². The molecule has 154 valence electrons. The number of rotatable bonds is 5. The molecule has 0 aliphatic carbocycles. The van der Waals surface area contributed by atoms with Crippen LogP contribution in [-0.2, 0) is 19.6 Å². The van der Waals surface area contributed by atoms with E-state index in [0.717, 1.165) is 4.31 Å². The van der Waals surface area contributed by atoms with Gasteiger partial charge in [0.2, 0.25) is 15.9 Å². The summed E-state index contributed by atoms with van der Waals surface area (Å²) in [6.07, 6.45) is 0. The molecule has 0 radical (unpaired) electrons. The summed E-state index contributed by atoms with van der Waals surface area (Å²) in [6, 6.07) is 6.90. The monoisotopic (exact) mass is 485 g/mol. The highest BCUT2D eigenvalue weighted by molar-refractivity contribution is 9.10. The van der Waals surface area contributed by atoms with Gasteiger partial charge < -0.3 is 15.4 Å². The summed E-state index contributed by atoms with van der Waals surface area (Å²) in [6.45, 7) is 0.831. The topological polar surface area (TPSA) is 105 Å². The molecule has 0 aromatic heterocycles. The van der Waals surface area contributed by atoms with Gasteiger partial charge in [-0.2, -0.15) is 4.31 Å². The molecule has 0 bridgehead atoms. The Morgan fingerprint density at radius 3 is 2.76 bits per heavy atom. The van der Waals surface area contributed by atoms with Crippen molar-refractivity contribution in [1.29, 1.82) is 0 Å². The molecule has 1 aliphatic rings. The van der Waals surface area contributed by atoms with E-state index in [2.05, 4.69) is 26.6 Å². The van der Waals surface area contributed by atoms with Crippen LogP contribution < -0.4 is 15.4 Å². The molecule has 0 unspecified atom stereocenters. The molecule has 2 aromatic carbocycles. The van der Waals surface area contributed by atoms with Crippen molar-refractivity contribution in [2.75, 3.05) is 30.8 Å². The smallest absolute Gasteiger partial charge is 0.262 e. The SMILES string of the molecule is Cc1cc2c(cc1S(=O)(=O)N(C)CC(=O)Nc1ccc(Br)cc1F)OCC(=O)N2. The third-order valence-electron chi connectivity index (χ3n) is 4.17. The number of aryl methyl sites for hydroxylation is 1. The van der Waals surface area contributed by atoms with Gasteiger partial charge in [0.1, 0.15) is 11.6 Å². The molecule has 0 saturated carbocycles. The number of amides is 2. The molecule has 1 aliphatic heterocycles. The molecular weight excluding hydrogens is 469 g/mol. The number of hydrogen-bond donors (Lipinski definition) is 2. The van der Waals surface area contributed by atoms with Crippen LogP contribution in [0.5, 0.6) is 5.75 Å². The van der Waals surface area contributed by atoms with Crippen molar-refractivity contribution in [2.45, 2.75) is 11.8 Å². The molecule has 0 atom stereocenters. The van der Waals surface area contributed by atoms with E-state index in [-0.39, 0.29) is 28.8 Å². The maximum Gasteiger partial charge on any atom is 0.262 e. The lowest BCUT2D eigenvalue weighted by Gasteiger charge is -2.22. The van der Waals surface area contributed by atoms with Gasteiger partial charge in [0.05, 0.1) is 22.8 Å². The number of fused-ring (bicyclic) bond motifs is 1. The van der Waals surface area contributed by atoms with Crippen LogP contribution in [0.1, 0.15) is 5.56 Å². The summed E-state index contributed by atoms with van der Waals surface area (Å²) >= 11 is 3.12. The Balaban J connectivity index is 1.78. The molecular formula is C18H17BrFN3O5S. The minimum absolute atomic E-state index is 0.0573. The van der Waals surface area contributed by atoms with Gasteiger partial charge in [-0.1, -0.05) is 15.9 Å². The minimum atomic E-state index is -4.04. The van der Waals surface area contributed by atoms with E-state index in [1.165, 1.54) is 31.3 Å². The first-order valence-corrected chi connectivity index (χ1v) is 10.6. The highest BCUT2D eigenvalue weighted by atomic mass is 79.9. The predicted octanol–water partition coefficient (Wildman–Crippen LogP) is 2.49. The summed E-state index contributed by atoms with van der Waals surface area (Å²) in [4.78, 5) is 23.6. The quantitative estimate of drug-likeness (QED) is 0.676. The number of likely N-dealkylation sites (N-methyl/N-ethyl adjacent to an activating group) is 1. The lowest BCUT2D eigenvalue weighted by molar-refractivity contribution is -0.118. The number of sulfonamides is 1. The highest BCUT2D eigenvalue weighted by Crippen LogP contribution is 2.33. The van der Waals surface area contributed by atoms with Crippen LogP contribution in [-0.4, -0.2) is 44.7 Å². The van der Waals surface area contributed by atoms with Gasteiger partial charge in [-0.15, -0.1) is 0 Å². The largest absolute Gasteiger partial charge is 0.482 e. The number of carbonyl (C=O) groups is 2. The third kappa shape index (κ3) is 4.57. The van der Waals surface area contributed by atoms with Crippen LogP contribution in [0.15, 0.2) is 39.7 Å². The van der Waals surface area contributed by atoms with Crippen molar-refractivity contribution < 1.29 is 27.1 Å². The van der Waals surface area contributed by atoms with Gasteiger partial charge in [0.15, 0.2) is 6.61 Å². The van der Waals surface area contributed by atoms with E-state index in [1.807, 2.05) is 0 Å². The van der Waals surface area contributed by atoms with Gasteiger partial charge in [0, 0.05) is 17.6 Å². The zero-order valence-corrected chi connectivity index (χ0v) is 17.9. The van der Waals surface area contributed by atoms with Crippen molar-refractivity contribution in [3.63, 3.8) is 0 Å². The van der Waals surface area contributed by atoms with Crippen LogP contribution in [0.2, 0.25) is 0 Å². The number of ether oxygens (including phenoxy) is 1. The molecule has 2 amide bonds. The average molecular weight is 486 g/mol. The summed E-state index contributed by atoms with van der Waals surface area (Å²) in [5.41, 5.74) is 0.697. The molecule has 1 heterocycles. The van der Waals surface area contributed by atoms with Crippen LogP contribution in [0.3, 0.4) is 0 Å². The summed E-state index contributed by atoms with van der Waals surface area (Å²) in [5, 5.41) is 4.95. The predicted molar refractivity (Wildman–Crippen MR) is 108 cm³/mol. The number of anilines is 2. The van der Waals surface area contributed by atoms with Crippen molar-refractivity contribution in [3.8, 4) is 5.75 Å². The Labute approximate surface area is 175 Å². The fourth-order valence-corrected chi connectivity index (χ4v) is 4.41. The van der Waals surface area contributed by atoms with Crippen molar-refractivity contribution in [2.24, 2.45) is 0 Å². The number of nitrogens with one attached hydrogen (secondary N) is 2. The van der Waals surface area contributed by atoms with E-state index < -0.39 is 28.3 Å². The third-order valence-corrected chi connectivity index (χ3v) is 6.61. The first-order chi connectivity index (χ1) is 13.6. The van der Waals surface area contributed by atoms with E-state index in [4.69, 9.17) is 4.74 Å². The average Bonchev–Trinajstić information content (AvgIpc) is 2.63. The Bertz CT molecular complexity index is 1110. The fourth-order valence-electron chi connectivity index (χ4n) is 2.73. The first kappa shape index (κ1) is 21.2. The number of carbonyl (C=O) groups excluding carboxylic acids is 2. The summed E-state index contributed by atoms with van der Waals surface area (Å²) < 4.78 is 46.4. The second kappa shape index (κ2) is 8.09. The van der Waals surface area contributed by atoms with Gasteiger partial charge in [0.25, 0.3) is 5.91 Å². The second-order valence-corrected chi connectivity index (χ2v) is 9.31. The van der Waals surface area contributed by atoms with Gasteiger partial charge in [-0.3, -0.25) is 9.59 Å². The maximum absolute atomic E-state index is 13.9. The normalized spacial score (nSPS) is 13.5.